The van der Waals surface area contributed by atoms with Gasteiger partial charge >= 0.3 is 21.6 Å². The lowest BCUT2D eigenvalue weighted by molar-refractivity contribution is -0.147. The molecule has 1 saturated heterocycles. The second-order valence-electron chi connectivity index (χ2n) is 3.89. The van der Waals surface area contributed by atoms with Crippen LogP contribution in [0.25, 0.3) is 0 Å². The van der Waals surface area contributed by atoms with E-state index in [1.807, 2.05) is 0 Å². The molecular weight excluding hydrogens is 295 g/mol. The Labute approximate surface area is 104 Å². The number of carboxylic acids is 1. The van der Waals surface area contributed by atoms with E-state index >= 15 is 0 Å². The molecule has 0 aromatic heterocycles. The zero-order chi connectivity index (χ0) is 14.6. The van der Waals surface area contributed by atoms with Crippen LogP contribution in [0.15, 0.2) is 11.5 Å². The van der Waals surface area contributed by atoms with Crippen molar-refractivity contribution in [3.8, 4) is 0 Å². The first-order chi connectivity index (χ1) is 8.54. The highest BCUT2D eigenvalue weighted by atomic mass is 32.2. The lowest BCUT2D eigenvalue weighted by Gasteiger charge is -2.34. The number of aliphatic carboxylic acids is 1. The van der Waals surface area contributed by atoms with E-state index in [0.29, 0.717) is 0 Å². The smallest absolute Gasteiger partial charge is 0.476 e. The first kappa shape index (κ1) is 13.6. The van der Waals surface area contributed by atoms with Gasteiger partial charge in [-0.15, -0.1) is 0 Å². The summed E-state index contributed by atoms with van der Waals surface area (Å²) in [5, 5.41) is 8.82. The number of β-lactam (4-membered cyclic amide) rings is 1. The molecular formula is C8H6F3NO6S. The fourth-order valence-corrected chi connectivity index (χ4v) is 2.38. The van der Waals surface area contributed by atoms with Crippen LogP contribution in [0.1, 0.15) is 12.8 Å². The molecule has 0 aromatic rings. The van der Waals surface area contributed by atoms with E-state index in [1.165, 1.54) is 0 Å². The summed E-state index contributed by atoms with van der Waals surface area (Å²) in [5.41, 5.74) is -6.51. The van der Waals surface area contributed by atoms with Crippen molar-refractivity contribution < 1.29 is 40.5 Å². The van der Waals surface area contributed by atoms with Crippen molar-refractivity contribution in [2.75, 3.05) is 0 Å². The van der Waals surface area contributed by atoms with E-state index in [4.69, 9.17) is 5.11 Å². The molecule has 2 heterocycles. The molecule has 0 aromatic carbocycles. The molecule has 19 heavy (non-hydrogen) atoms. The molecule has 1 fully saturated rings. The van der Waals surface area contributed by atoms with Crippen LogP contribution in [0.3, 0.4) is 0 Å². The largest absolute Gasteiger partial charge is 0.534 e. The predicted octanol–water partition coefficient (Wildman–Crippen LogP) is 0.153. The number of nitrogens with zero attached hydrogens (tertiary/aromatic N) is 1. The van der Waals surface area contributed by atoms with Crippen LogP contribution in [-0.2, 0) is 23.9 Å². The number of carbonyl (C=O) groups is 2. The van der Waals surface area contributed by atoms with Crippen LogP contribution >= 0.6 is 0 Å². The minimum absolute atomic E-state index is 0.0598. The summed E-state index contributed by atoms with van der Waals surface area (Å²) in [6.45, 7) is 0. The number of carboxylic acid groups (broad SMARTS) is 1. The zero-order valence-electron chi connectivity index (χ0n) is 8.97. The van der Waals surface area contributed by atoms with Crippen molar-refractivity contribution >= 4 is 22.0 Å². The lowest BCUT2D eigenvalue weighted by atomic mass is 10.0. The molecule has 106 valence electrons. The number of hydrogen-bond acceptors (Lipinski definition) is 5. The van der Waals surface area contributed by atoms with Gasteiger partial charge in [-0.1, -0.05) is 0 Å². The van der Waals surface area contributed by atoms with Gasteiger partial charge in [0.1, 0.15) is 0 Å². The number of fused-ring (bicyclic) bond motifs is 1. The molecule has 0 saturated carbocycles. The van der Waals surface area contributed by atoms with Crippen molar-refractivity contribution in [1.82, 2.24) is 4.90 Å². The minimum atomic E-state index is -5.94. The molecule has 0 unspecified atom stereocenters. The topological polar surface area (TPSA) is 101 Å². The van der Waals surface area contributed by atoms with Gasteiger partial charge in [0.25, 0.3) is 0 Å². The average molecular weight is 301 g/mol. The Morgan fingerprint density at radius 3 is 2.37 bits per heavy atom. The Morgan fingerprint density at radius 2 is 1.95 bits per heavy atom. The normalized spacial score (nSPS) is 23.2. The van der Waals surface area contributed by atoms with Crippen LogP contribution in [0.2, 0.25) is 0 Å². The van der Waals surface area contributed by atoms with Crippen LogP contribution in [0.4, 0.5) is 13.2 Å². The minimum Gasteiger partial charge on any atom is -0.476 e. The van der Waals surface area contributed by atoms with Gasteiger partial charge in [-0.3, -0.25) is 9.69 Å². The molecule has 2 rings (SSSR count). The van der Waals surface area contributed by atoms with Crippen molar-refractivity contribution in [3.05, 3.63) is 11.5 Å². The van der Waals surface area contributed by atoms with Gasteiger partial charge in [0.05, 0.1) is 6.04 Å². The number of halogens is 3. The van der Waals surface area contributed by atoms with Gasteiger partial charge in [-0.25, -0.2) is 4.79 Å². The lowest BCUT2D eigenvalue weighted by Crippen LogP contribution is -2.49. The summed E-state index contributed by atoms with van der Waals surface area (Å²) in [6, 6.07) is -0.656. The second kappa shape index (κ2) is 3.85. The number of hydrogen-bond donors (Lipinski definition) is 1. The van der Waals surface area contributed by atoms with Gasteiger partial charge < -0.3 is 9.29 Å². The average Bonchev–Trinajstić information content (AvgIpc) is 2.48. The van der Waals surface area contributed by atoms with Gasteiger partial charge in [0.15, 0.2) is 11.5 Å². The molecule has 2 aliphatic rings. The summed E-state index contributed by atoms with van der Waals surface area (Å²) in [5.74, 6) is -3.20. The number of amides is 1. The van der Waals surface area contributed by atoms with Gasteiger partial charge in [-0.2, -0.15) is 21.6 Å². The van der Waals surface area contributed by atoms with E-state index < -0.39 is 45.0 Å². The maximum atomic E-state index is 12.1. The summed E-state index contributed by atoms with van der Waals surface area (Å²) < 4.78 is 61.9. The highest BCUT2D eigenvalue weighted by molar-refractivity contribution is 7.87. The fourth-order valence-electron chi connectivity index (χ4n) is 1.87. The molecule has 0 bridgehead atoms. The SMILES string of the molecule is O=C(O)C1=C(OS(=O)(=O)C(F)(F)F)C[C@H]2CC(=O)N12. The quantitative estimate of drug-likeness (QED) is 0.452. The molecule has 1 atom stereocenters. The van der Waals surface area contributed by atoms with Gasteiger partial charge in [0.2, 0.25) is 5.91 Å². The van der Waals surface area contributed by atoms with Crippen molar-refractivity contribution in [1.29, 1.82) is 0 Å². The van der Waals surface area contributed by atoms with Gasteiger partial charge in [0, 0.05) is 12.8 Å². The number of carbonyl (C=O) groups excluding carboxylic acids is 1. The molecule has 0 aliphatic carbocycles. The van der Waals surface area contributed by atoms with E-state index in [-0.39, 0.29) is 12.8 Å². The molecule has 7 nitrogen and oxygen atoms in total. The number of rotatable bonds is 3. The molecule has 0 radical (unpaired) electrons. The fraction of sp³-hybridized carbons (Fsp3) is 0.500. The Hall–Kier alpha value is -1.78. The number of alkyl halides is 3. The van der Waals surface area contributed by atoms with Crippen LogP contribution in [0.5, 0.6) is 0 Å². The maximum absolute atomic E-state index is 12.1. The van der Waals surface area contributed by atoms with Crippen LogP contribution in [-0.4, -0.2) is 41.9 Å². The molecule has 1 amide bonds. The summed E-state index contributed by atoms with van der Waals surface area (Å²) in [7, 11) is -5.94. The van der Waals surface area contributed by atoms with E-state index in [9.17, 15) is 31.2 Å². The monoisotopic (exact) mass is 301 g/mol. The third-order valence-corrected chi connectivity index (χ3v) is 3.65. The Kier molecular flexibility index (Phi) is 2.77. The second-order valence-corrected chi connectivity index (χ2v) is 5.42. The molecule has 11 heteroatoms. The van der Waals surface area contributed by atoms with E-state index in [2.05, 4.69) is 4.18 Å². The summed E-state index contributed by atoms with van der Waals surface area (Å²) in [4.78, 5) is 22.7. The highest BCUT2D eigenvalue weighted by Crippen LogP contribution is 2.40. The van der Waals surface area contributed by atoms with E-state index in [1.54, 1.807) is 0 Å². The third kappa shape index (κ3) is 2.03. The summed E-state index contributed by atoms with van der Waals surface area (Å²) >= 11 is 0. The third-order valence-electron chi connectivity index (χ3n) is 2.67. The predicted molar refractivity (Wildman–Crippen MR) is 50.6 cm³/mol. The molecule has 0 spiro atoms. The van der Waals surface area contributed by atoms with Crippen molar-refractivity contribution in [3.63, 3.8) is 0 Å². The summed E-state index contributed by atoms with van der Waals surface area (Å²) in [6.07, 6.45) is -0.432. The zero-order valence-corrected chi connectivity index (χ0v) is 9.79. The van der Waals surface area contributed by atoms with Crippen molar-refractivity contribution in [2.45, 2.75) is 24.4 Å². The van der Waals surface area contributed by atoms with Crippen LogP contribution < -0.4 is 0 Å². The van der Waals surface area contributed by atoms with E-state index in [0.717, 1.165) is 4.90 Å². The Balaban J connectivity index is 2.36. The first-order valence-corrected chi connectivity index (χ1v) is 6.24. The maximum Gasteiger partial charge on any atom is 0.534 e. The Morgan fingerprint density at radius 1 is 1.37 bits per heavy atom. The van der Waals surface area contributed by atoms with Crippen LogP contribution in [0, 0.1) is 0 Å². The Bertz CT molecular complexity index is 592. The molecule has 1 N–H and O–H groups in total. The molecule has 2 aliphatic heterocycles. The first-order valence-electron chi connectivity index (χ1n) is 4.84. The standard InChI is InChI=1S/C8H6F3NO6S/c9-8(10,11)19(16,17)18-4-1-3-2-5(13)12(3)6(4)7(14)15/h3H,1-2H2,(H,14,15)/t3-/m0/s1. The van der Waals surface area contributed by atoms with Crippen molar-refractivity contribution in [2.24, 2.45) is 0 Å². The highest BCUT2D eigenvalue weighted by Gasteiger charge is 2.53. The van der Waals surface area contributed by atoms with Gasteiger partial charge in [-0.05, 0) is 0 Å².